The zero-order valence-electron chi connectivity index (χ0n) is 20.7. The standard InChI is InChI=1S/C27H35N3O4S/c1-18-9-11-23(12-10-18)28-27(32)25(16-21-7-5-4-6-8-21)29-35(33,34)24-13-14-26-22(17-24)15-19(2)30(26)20(3)31/h4-8,13-14,17-19,23,25,29H,9-12,15-16H2,1-3H3,(H,28,32)/t18?,19-,23?,25-/m1/s1. The van der Waals surface area contributed by atoms with Crippen molar-refractivity contribution in [3.8, 4) is 0 Å². The number of rotatable bonds is 7. The molecule has 0 aromatic heterocycles. The van der Waals surface area contributed by atoms with E-state index in [2.05, 4.69) is 17.0 Å². The molecule has 2 amide bonds. The second-order valence-corrected chi connectivity index (χ2v) is 11.8. The first-order valence-electron chi connectivity index (χ1n) is 12.4. The summed E-state index contributed by atoms with van der Waals surface area (Å²) in [5.74, 6) is 0.291. The van der Waals surface area contributed by atoms with Crippen molar-refractivity contribution in [2.24, 2.45) is 5.92 Å². The second-order valence-electron chi connectivity index (χ2n) is 10.1. The second kappa shape index (κ2) is 10.5. The van der Waals surface area contributed by atoms with E-state index in [0.29, 0.717) is 12.3 Å². The van der Waals surface area contributed by atoms with Gasteiger partial charge in [0.2, 0.25) is 21.8 Å². The van der Waals surface area contributed by atoms with E-state index in [0.717, 1.165) is 42.5 Å². The van der Waals surface area contributed by atoms with E-state index < -0.39 is 16.1 Å². The maximum atomic E-state index is 13.4. The average molecular weight is 498 g/mol. The van der Waals surface area contributed by atoms with Crippen molar-refractivity contribution in [2.75, 3.05) is 4.90 Å². The molecule has 0 unspecified atom stereocenters. The number of nitrogens with zero attached hydrogens (tertiary/aromatic N) is 1. The van der Waals surface area contributed by atoms with Crippen molar-refractivity contribution in [2.45, 2.75) is 82.3 Å². The molecule has 1 heterocycles. The molecule has 0 bridgehead atoms. The smallest absolute Gasteiger partial charge is 0.241 e. The third-order valence-corrected chi connectivity index (χ3v) is 8.64. The fourth-order valence-electron chi connectivity index (χ4n) is 5.25. The average Bonchev–Trinajstić information content (AvgIpc) is 3.15. The first kappa shape index (κ1) is 25.4. The minimum absolute atomic E-state index is 0.0248. The summed E-state index contributed by atoms with van der Waals surface area (Å²) in [5.41, 5.74) is 2.44. The summed E-state index contributed by atoms with van der Waals surface area (Å²) in [6.07, 6.45) is 4.79. The maximum absolute atomic E-state index is 13.4. The summed E-state index contributed by atoms with van der Waals surface area (Å²) in [6.45, 7) is 5.68. The number of hydrogen-bond acceptors (Lipinski definition) is 4. The quantitative estimate of drug-likeness (QED) is 0.611. The Balaban J connectivity index is 1.55. The Bertz CT molecular complexity index is 1170. The van der Waals surface area contributed by atoms with Gasteiger partial charge in [-0.15, -0.1) is 0 Å². The van der Waals surface area contributed by atoms with E-state index in [1.807, 2.05) is 37.3 Å². The minimum Gasteiger partial charge on any atom is -0.352 e. The summed E-state index contributed by atoms with van der Waals surface area (Å²) >= 11 is 0. The molecule has 8 heteroatoms. The van der Waals surface area contributed by atoms with Gasteiger partial charge in [-0.05, 0) is 80.7 Å². The van der Waals surface area contributed by atoms with Gasteiger partial charge >= 0.3 is 0 Å². The van der Waals surface area contributed by atoms with E-state index in [1.165, 1.54) is 13.0 Å². The highest BCUT2D eigenvalue weighted by Crippen LogP contribution is 2.34. The van der Waals surface area contributed by atoms with Crippen molar-refractivity contribution in [1.82, 2.24) is 10.0 Å². The van der Waals surface area contributed by atoms with Gasteiger partial charge in [-0.1, -0.05) is 37.3 Å². The Morgan fingerprint density at radius 3 is 2.37 bits per heavy atom. The lowest BCUT2D eigenvalue weighted by molar-refractivity contribution is -0.123. The summed E-state index contributed by atoms with van der Waals surface area (Å²) in [6, 6.07) is 13.4. The van der Waals surface area contributed by atoms with Crippen molar-refractivity contribution in [1.29, 1.82) is 0 Å². The van der Waals surface area contributed by atoms with Gasteiger partial charge in [-0.2, -0.15) is 4.72 Å². The van der Waals surface area contributed by atoms with E-state index >= 15 is 0 Å². The van der Waals surface area contributed by atoms with Crippen molar-refractivity contribution in [3.63, 3.8) is 0 Å². The Kier molecular flexibility index (Phi) is 7.62. The number of carbonyl (C=O) groups excluding carboxylic acids is 2. The third kappa shape index (κ3) is 5.93. The van der Waals surface area contributed by atoms with Gasteiger partial charge in [-0.25, -0.2) is 8.42 Å². The van der Waals surface area contributed by atoms with Crippen LogP contribution in [0, 0.1) is 5.92 Å². The molecule has 35 heavy (non-hydrogen) atoms. The summed E-state index contributed by atoms with van der Waals surface area (Å²) < 4.78 is 29.5. The first-order chi connectivity index (χ1) is 16.6. The molecule has 2 aromatic rings. The number of nitrogens with one attached hydrogen (secondary N) is 2. The van der Waals surface area contributed by atoms with Gasteiger partial charge in [0.25, 0.3) is 0 Å². The van der Waals surface area contributed by atoms with Crippen LogP contribution in [-0.4, -0.2) is 38.4 Å². The van der Waals surface area contributed by atoms with Crippen LogP contribution in [0.5, 0.6) is 0 Å². The Labute approximate surface area is 208 Å². The molecule has 2 N–H and O–H groups in total. The number of sulfonamides is 1. The molecule has 1 aliphatic heterocycles. The van der Waals surface area contributed by atoms with Gasteiger partial charge in [0.15, 0.2) is 0 Å². The predicted molar refractivity (Wildman–Crippen MR) is 137 cm³/mol. The van der Waals surface area contributed by atoms with Crippen LogP contribution < -0.4 is 14.9 Å². The summed E-state index contributed by atoms with van der Waals surface area (Å²) in [4.78, 5) is 27.1. The number of carbonyl (C=O) groups is 2. The zero-order valence-corrected chi connectivity index (χ0v) is 21.5. The molecule has 0 radical (unpaired) electrons. The molecule has 2 atom stereocenters. The van der Waals surface area contributed by atoms with E-state index in [1.54, 1.807) is 17.0 Å². The lowest BCUT2D eigenvalue weighted by atomic mass is 9.87. The topological polar surface area (TPSA) is 95.6 Å². The van der Waals surface area contributed by atoms with Crippen molar-refractivity contribution >= 4 is 27.5 Å². The molecule has 1 saturated carbocycles. The van der Waals surface area contributed by atoms with Crippen LogP contribution in [0.2, 0.25) is 0 Å². The number of anilines is 1. The monoisotopic (exact) mass is 497 g/mol. The van der Waals surface area contributed by atoms with Gasteiger partial charge in [0, 0.05) is 24.7 Å². The molecule has 4 rings (SSSR count). The molecular weight excluding hydrogens is 462 g/mol. The number of hydrogen-bond donors (Lipinski definition) is 2. The van der Waals surface area contributed by atoms with Crippen molar-refractivity contribution < 1.29 is 18.0 Å². The van der Waals surface area contributed by atoms with Crippen LogP contribution >= 0.6 is 0 Å². The van der Waals surface area contributed by atoms with Crippen LogP contribution in [-0.2, 0) is 32.5 Å². The summed E-state index contributed by atoms with van der Waals surface area (Å²) in [5, 5.41) is 3.09. The normalized spacial score (nSPS) is 22.9. The van der Waals surface area contributed by atoms with Crippen molar-refractivity contribution in [3.05, 3.63) is 59.7 Å². The highest BCUT2D eigenvalue weighted by Gasteiger charge is 2.32. The van der Waals surface area contributed by atoms with Crippen LogP contribution in [0.25, 0.3) is 0 Å². The fraction of sp³-hybridized carbons (Fsp3) is 0.481. The lowest BCUT2D eigenvalue weighted by Crippen LogP contribution is -2.51. The third-order valence-electron chi connectivity index (χ3n) is 7.17. The van der Waals surface area contributed by atoms with Crippen LogP contribution in [0.1, 0.15) is 57.6 Å². The molecule has 1 fully saturated rings. The van der Waals surface area contributed by atoms with Crippen LogP contribution in [0.3, 0.4) is 0 Å². The maximum Gasteiger partial charge on any atom is 0.241 e. The fourth-order valence-corrected chi connectivity index (χ4v) is 6.50. The van der Waals surface area contributed by atoms with E-state index in [-0.39, 0.29) is 35.2 Å². The minimum atomic E-state index is -3.97. The molecule has 188 valence electrons. The highest BCUT2D eigenvalue weighted by molar-refractivity contribution is 7.89. The van der Waals surface area contributed by atoms with E-state index in [9.17, 15) is 18.0 Å². The lowest BCUT2D eigenvalue weighted by Gasteiger charge is -2.29. The molecule has 7 nitrogen and oxygen atoms in total. The number of amides is 2. The van der Waals surface area contributed by atoms with Gasteiger partial charge in [0.05, 0.1) is 4.90 Å². The summed E-state index contributed by atoms with van der Waals surface area (Å²) in [7, 11) is -3.97. The largest absolute Gasteiger partial charge is 0.352 e. The molecule has 2 aliphatic rings. The van der Waals surface area contributed by atoms with Gasteiger partial charge < -0.3 is 10.2 Å². The predicted octanol–water partition coefficient (Wildman–Crippen LogP) is 3.57. The molecule has 2 aromatic carbocycles. The zero-order chi connectivity index (χ0) is 25.2. The number of benzene rings is 2. The highest BCUT2D eigenvalue weighted by atomic mass is 32.2. The Hall–Kier alpha value is -2.71. The molecule has 0 saturated heterocycles. The van der Waals surface area contributed by atoms with Crippen LogP contribution in [0.4, 0.5) is 5.69 Å². The van der Waals surface area contributed by atoms with E-state index in [4.69, 9.17) is 0 Å². The Morgan fingerprint density at radius 1 is 1.03 bits per heavy atom. The van der Waals surface area contributed by atoms with Gasteiger partial charge in [0.1, 0.15) is 6.04 Å². The molecular formula is C27H35N3O4S. The van der Waals surface area contributed by atoms with Gasteiger partial charge in [-0.3, -0.25) is 9.59 Å². The first-order valence-corrected chi connectivity index (χ1v) is 13.9. The SMILES string of the molecule is CC(=O)N1c2ccc(S(=O)(=O)N[C@H](Cc3ccccc3)C(=O)NC3CCC(C)CC3)cc2C[C@H]1C. The number of fused-ring (bicyclic) bond motifs is 1. The molecule has 0 spiro atoms. The molecule has 1 aliphatic carbocycles. The van der Waals surface area contributed by atoms with Crippen LogP contribution in [0.15, 0.2) is 53.4 Å². The Morgan fingerprint density at radius 2 is 1.71 bits per heavy atom.